The Morgan fingerprint density at radius 1 is 1.23 bits per heavy atom. The Morgan fingerprint density at radius 2 is 1.92 bits per heavy atom. The zero-order chi connectivity index (χ0) is 28.5. The fourth-order valence-electron chi connectivity index (χ4n) is 4.47. The van der Waals surface area contributed by atoms with E-state index in [2.05, 4.69) is 25.3 Å². The molecule has 3 aromatic rings. The Hall–Kier alpha value is -3.20. The van der Waals surface area contributed by atoms with Crippen molar-refractivity contribution >= 4 is 33.2 Å². The van der Waals surface area contributed by atoms with Crippen LogP contribution in [0.4, 0.5) is 0 Å². The first-order valence-corrected chi connectivity index (χ1v) is 14.8. The Labute approximate surface area is 231 Å². The number of rotatable bonds is 8. The second kappa shape index (κ2) is 11.1. The fourth-order valence-corrected chi connectivity index (χ4v) is 6.74. The number of amides is 2. The average Bonchev–Trinajstić information content (AvgIpc) is 3.60. The lowest BCUT2D eigenvalue weighted by Crippen LogP contribution is -2.57. The summed E-state index contributed by atoms with van der Waals surface area (Å²) in [5.74, 6) is -1.02. The summed E-state index contributed by atoms with van der Waals surface area (Å²) in [6.07, 6.45) is 0.231. The molecule has 210 valence electrons. The van der Waals surface area contributed by atoms with Crippen molar-refractivity contribution in [2.45, 2.75) is 63.9 Å². The van der Waals surface area contributed by atoms with E-state index in [0.29, 0.717) is 0 Å². The molecular formula is C25H33N7O5S2. The maximum absolute atomic E-state index is 13.7. The van der Waals surface area contributed by atoms with Crippen molar-refractivity contribution in [1.82, 2.24) is 34.9 Å². The highest BCUT2D eigenvalue weighted by atomic mass is 32.2. The van der Waals surface area contributed by atoms with Crippen LogP contribution >= 0.6 is 11.3 Å². The molecule has 1 fully saturated rings. The van der Waals surface area contributed by atoms with Gasteiger partial charge in [0, 0.05) is 26.6 Å². The predicted molar refractivity (Wildman–Crippen MR) is 145 cm³/mol. The number of aliphatic hydroxyl groups excluding tert-OH is 1. The van der Waals surface area contributed by atoms with Crippen molar-refractivity contribution in [2.24, 2.45) is 12.5 Å². The lowest BCUT2D eigenvalue weighted by molar-refractivity contribution is -0.141. The Bertz CT molecular complexity index is 1440. The van der Waals surface area contributed by atoms with E-state index < -0.39 is 45.4 Å². The summed E-state index contributed by atoms with van der Waals surface area (Å²) in [5, 5.41) is 20.3. The zero-order valence-corrected chi connectivity index (χ0v) is 24.1. The zero-order valence-electron chi connectivity index (χ0n) is 22.5. The molecule has 0 aliphatic carbocycles. The van der Waals surface area contributed by atoms with E-state index in [-0.39, 0.29) is 24.5 Å². The molecule has 0 unspecified atom stereocenters. The van der Waals surface area contributed by atoms with Gasteiger partial charge in [0.1, 0.15) is 12.1 Å². The van der Waals surface area contributed by atoms with E-state index in [1.165, 1.54) is 11.9 Å². The molecule has 14 heteroatoms. The average molecular weight is 576 g/mol. The molecule has 39 heavy (non-hydrogen) atoms. The molecular weight excluding hydrogens is 542 g/mol. The minimum absolute atomic E-state index is 0.0520. The van der Waals surface area contributed by atoms with Gasteiger partial charge >= 0.3 is 0 Å². The maximum Gasteiger partial charge on any atom is 0.260 e. The van der Waals surface area contributed by atoms with E-state index in [1.807, 2.05) is 31.2 Å². The summed E-state index contributed by atoms with van der Waals surface area (Å²) < 4.78 is 29.6. The van der Waals surface area contributed by atoms with Crippen molar-refractivity contribution < 1.29 is 23.1 Å². The number of hydrogen-bond acceptors (Lipinski definition) is 9. The van der Waals surface area contributed by atoms with Crippen LogP contribution in [-0.4, -0.2) is 74.9 Å². The van der Waals surface area contributed by atoms with Gasteiger partial charge in [0.05, 0.1) is 28.4 Å². The summed E-state index contributed by atoms with van der Waals surface area (Å²) in [7, 11) is -2.72. The van der Waals surface area contributed by atoms with Crippen LogP contribution in [0.1, 0.15) is 38.4 Å². The van der Waals surface area contributed by atoms with E-state index in [4.69, 9.17) is 0 Å². The summed E-state index contributed by atoms with van der Waals surface area (Å²) in [6, 6.07) is 5.61. The number of nitrogens with one attached hydrogen (secondary N) is 2. The van der Waals surface area contributed by atoms with Crippen molar-refractivity contribution in [3.8, 4) is 10.4 Å². The summed E-state index contributed by atoms with van der Waals surface area (Å²) in [6.45, 7) is 7.27. The number of nitrogens with zero attached hydrogens (tertiary/aromatic N) is 5. The minimum Gasteiger partial charge on any atom is -0.391 e. The first kappa shape index (κ1) is 28.8. The minimum atomic E-state index is -4.15. The van der Waals surface area contributed by atoms with Gasteiger partial charge in [-0.05, 0) is 23.5 Å². The van der Waals surface area contributed by atoms with Gasteiger partial charge in [0.25, 0.3) is 10.0 Å². The molecule has 1 saturated heterocycles. The molecule has 3 atom stereocenters. The number of benzene rings is 1. The van der Waals surface area contributed by atoms with Gasteiger partial charge in [0.15, 0.2) is 5.03 Å². The number of β-amino-alcohol motifs (C(OH)–C–C–N with tert-alkyl or cyclic N) is 1. The van der Waals surface area contributed by atoms with Gasteiger partial charge in [-0.3, -0.25) is 9.59 Å². The van der Waals surface area contributed by atoms with Crippen molar-refractivity contribution in [2.75, 3.05) is 6.54 Å². The highest BCUT2D eigenvalue weighted by Gasteiger charge is 2.45. The quantitative estimate of drug-likeness (QED) is 0.362. The summed E-state index contributed by atoms with van der Waals surface area (Å²) in [5.41, 5.74) is 3.82. The number of aliphatic hydroxyl groups is 1. The third-order valence-electron chi connectivity index (χ3n) is 6.63. The van der Waals surface area contributed by atoms with Gasteiger partial charge in [-0.25, -0.2) is 18.1 Å². The molecule has 2 amide bonds. The number of aromatic nitrogens is 4. The van der Waals surface area contributed by atoms with Crippen LogP contribution in [-0.2, 0) is 33.2 Å². The monoisotopic (exact) mass is 575 g/mol. The van der Waals surface area contributed by atoms with Gasteiger partial charge < -0.3 is 15.3 Å². The Morgan fingerprint density at radius 3 is 2.49 bits per heavy atom. The third kappa shape index (κ3) is 6.35. The first-order valence-electron chi connectivity index (χ1n) is 12.4. The number of aryl methyl sites for hydroxylation is 2. The van der Waals surface area contributed by atoms with Crippen LogP contribution in [0.2, 0.25) is 0 Å². The van der Waals surface area contributed by atoms with E-state index in [9.17, 15) is 23.1 Å². The number of carbonyl (C=O) groups excluding carboxylic acids is 2. The molecule has 1 aromatic carbocycles. The van der Waals surface area contributed by atoms with Crippen LogP contribution in [0.5, 0.6) is 0 Å². The molecule has 3 heterocycles. The van der Waals surface area contributed by atoms with E-state index in [1.54, 1.807) is 37.6 Å². The lowest BCUT2D eigenvalue weighted by Gasteiger charge is -2.35. The number of carbonyl (C=O) groups is 2. The number of thiazole rings is 1. The molecule has 1 aliphatic heterocycles. The molecule has 12 nitrogen and oxygen atoms in total. The molecule has 0 spiro atoms. The number of sulfonamides is 1. The Balaban J connectivity index is 1.47. The molecule has 0 bridgehead atoms. The van der Waals surface area contributed by atoms with Crippen molar-refractivity contribution in [3.63, 3.8) is 0 Å². The SMILES string of the molecule is Cc1ncsc1-c1ccc(CNC(=O)[C@@H]2C[C@@H](O)CN2C(=O)[C@@H](NS(=O)(=O)c2cnnn2C)C(C)(C)C)cc1. The molecule has 0 saturated carbocycles. The second-order valence-electron chi connectivity index (χ2n) is 10.7. The normalized spacial score (nSPS) is 18.8. The first-order chi connectivity index (χ1) is 18.3. The van der Waals surface area contributed by atoms with Gasteiger partial charge in [-0.2, -0.15) is 4.72 Å². The lowest BCUT2D eigenvalue weighted by atomic mass is 9.86. The maximum atomic E-state index is 13.7. The van der Waals surface area contributed by atoms with Gasteiger partial charge in [0.2, 0.25) is 11.8 Å². The Kier molecular flexibility index (Phi) is 8.21. The summed E-state index contributed by atoms with van der Waals surface area (Å²) >= 11 is 1.56. The molecule has 1 aliphatic rings. The smallest absolute Gasteiger partial charge is 0.260 e. The molecule has 2 aromatic heterocycles. The summed E-state index contributed by atoms with van der Waals surface area (Å²) in [4.78, 5) is 33.5. The highest BCUT2D eigenvalue weighted by molar-refractivity contribution is 7.89. The van der Waals surface area contributed by atoms with Crippen LogP contribution < -0.4 is 10.0 Å². The number of hydrogen-bond donors (Lipinski definition) is 3. The van der Waals surface area contributed by atoms with E-state index >= 15 is 0 Å². The van der Waals surface area contributed by atoms with E-state index in [0.717, 1.165) is 32.6 Å². The fraction of sp³-hybridized carbons (Fsp3) is 0.480. The van der Waals surface area contributed by atoms with Crippen LogP contribution in [0, 0.1) is 12.3 Å². The third-order valence-corrected chi connectivity index (χ3v) is 9.07. The molecule has 4 rings (SSSR count). The standard InChI is InChI=1S/C25H33N7O5S2/c1-15-21(38-14-27-15)17-8-6-16(7-9-17)11-26-23(34)19-10-18(33)13-32(19)24(35)22(25(2,3)4)29-39(36,37)20-12-28-30-31(20)5/h6-9,12,14,18-19,22,29,33H,10-11,13H2,1-5H3,(H,26,34)/t18-,19+,22-/m1/s1. The highest BCUT2D eigenvalue weighted by Crippen LogP contribution is 2.29. The largest absolute Gasteiger partial charge is 0.391 e. The van der Waals surface area contributed by atoms with Crippen LogP contribution in [0.3, 0.4) is 0 Å². The number of likely N-dealkylation sites (tertiary alicyclic amines) is 1. The van der Waals surface area contributed by atoms with Crippen LogP contribution in [0.15, 0.2) is 41.0 Å². The van der Waals surface area contributed by atoms with Crippen molar-refractivity contribution in [1.29, 1.82) is 0 Å². The van der Waals surface area contributed by atoms with Gasteiger partial charge in [-0.1, -0.05) is 50.3 Å². The second-order valence-corrected chi connectivity index (χ2v) is 13.2. The van der Waals surface area contributed by atoms with Crippen LogP contribution in [0.25, 0.3) is 10.4 Å². The van der Waals surface area contributed by atoms with Crippen molar-refractivity contribution in [3.05, 3.63) is 47.2 Å². The molecule has 3 N–H and O–H groups in total. The topological polar surface area (TPSA) is 159 Å². The molecule has 0 radical (unpaired) electrons. The predicted octanol–water partition coefficient (Wildman–Crippen LogP) is 1.22. The van der Waals surface area contributed by atoms with Gasteiger partial charge in [-0.15, -0.1) is 16.4 Å².